The van der Waals surface area contributed by atoms with Crippen LogP contribution in [0.5, 0.6) is 5.75 Å². The van der Waals surface area contributed by atoms with E-state index in [1.165, 1.54) is 25.3 Å². The quantitative estimate of drug-likeness (QED) is 0.915. The molecular weight excluding hydrogens is 337 g/mol. The number of carbonyl (C=O) groups excluding carboxylic acids is 2. The fraction of sp³-hybridized carbons (Fsp3) is 0.368. The zero-order chi connectivity index (χ0) is 18.8. The van der Waals surface area contributed by atoms with Gasteiger partial charge in [-0.05, 0) is 38.1 Å². The molecule has 3 rings (SSSR count). The highest BCUT2D eigenvalue weighted by atomic mass is 19.1. The Kier molecular flexibility index (Phi) is 4.97. The van der Waals surface area contributed by atoms with Crippen LogP contribution in [0.2, 0.25) is 0 Å². The van der Waals surface area contributed by atoms with E-state index in [0.29, 0.717) is 37.5 Å². The summed E-state index contributed by atoms with van der Waals surface area (Å²) in [5, 5.41) is 0. The van der Waals surface area contributed by atoms with Crippen LogP contribution in [0, 0.1) is 19.7 Å². The number of aromatic amines is 1. The maximum Gasteiger partial charge on any atom is 0.257 e. The number of carbonyl (C=O) groups is 2. The second-order valence-corrected chi connectivity index (χ2v) is 6.42. The van der Waals surface area contributed by atoms with Crippen LogP contribution >= 0.6 is 0 Å². The average Bonchev–Trinajstić information content (AvgIpc) is 2.98. The van der Waals surface area contributed by atoms with Gasteiger partial charge in [-0.3, -0.25) is 9.59 Å². The van der Waals surface area contributed by atoms with Crippen LogP contribution in [0.15, 0.2) is 24.3 Å². The zero-order valence-electron chi connectivity index (χ0n) is 15.1. The smallest absolute Gasteiger partial charge is 0.257 e. The first kappa shape index (κ1) is 18.0. The van der Waals surface area contributed by atoms with Crippen molar-refractivity contribution in [3.63, 3.8) is 0 Å². The van der Waals surface area contributed by atoms with Gasteiger partial charge in [0.1, 0.15) is 11.6 Å². The molecule has 1 aromatic carbocycles. The molecule has 2 aromatic rings. The van der Waals surface area contributed by atoms with Gasteiger partial charge in [-0.2, -0.15) is 0 Å². The number of halogens is 1. The molecule has 1 fully saturated rings. The van der Waals surface area contributed by atoms with Gasteiger partial charge in [0.15, 0.2) is 0 Å². The summed E-state index contributed by atoms with van der Waals surface area (Å²) in [6.07, 6.45) is 0. The number of nitrogens with one attached hydrogen (secondary N) is 1. The van der Waals surface area contributed by atoms with Crippen LogP contribution in [0.25, 0.3) is 0 Å². The van der Waals surface area contributed by atoms with Gasteiger partial charge >= 0.3 is 0 Å². The molecule has 2 amide bonds. The molecule has 138 valence electrons. The largest absolute Gasteiger partial charge is 0.496 e. The minimum atomic E-state index is -0.485. The van der Waals surface area contributed by atoms with E-state index >= 15 is 0 Å². The molecule has 26 heavy (non-hydrogen) atoms. The normalized spacial score (nSPS) is 14.5. The second kappa shape index (κ2) is 7.19. The summed E-state index contributed by atoms with van der Waals surface area (Å²) in [5.41, 5.74) is 2.65. The Hall–Kier alpha value is -2.83. The van der Waals surface area contributed by atoms with Crippen LogP contribution in [0.4, 0.5) is 4.39 Å². The molecule has 0 bridgehead atoms. The molecular formula is C19H22FN3O3. The van der Waals surface area contributed by atoms with Gasteiger partial charge in [-0.15, -0.1) is 0 Å². The van der Waals surface area contributed by atoms with Gasteiger partial charge < -0.3 is 19.5 Å². The molecule has 6 nitrogen and oxygen atoms in total. The van der Waals surface area contributed by atoms with Gasteiger partial charge in [-0.1, -0.05) is 0 Å². The van der Waals surface area contributed by atoms with Gasteiger partial charge in [-0.25, -0.2) is 4.39 Å². The molecule has 0 aliphatic carbocycles. The number of hydrogen-bond donors (Lipinski definition) is 1. The molecule has 0 unspecified atom stereocenters. The van der Waals surface area contributed by atoms with Crippen molar-refractivity contribution >= 4 is 11.8 Å². The van der Waals surface area contributed by atoms with Crippen molar-refractivity contribution in [1.82, 2.24) is 14.8 Å². The summed E-state index contributed by atoms with van der Waals surface area (Å²) in [6, 6.07) is 5.73. The second-order valence-electron chi connectivity index (χ2n) is 6.42. The predicted molar refractivity (Wildman–Crippen MR) is 95.0 cm³/mol. The Bertz CT molecular complexity index is 839. The fourth-order valence-corrected chi connectivity index (χ4v) is 3.25. The monoisotopic (exact) mass is 359 g/mol. The number of methoxy groups -OCH3 is 1. The van der Waals surface area contributed by atoms with Gasteiger partial charge in [0, 0.05) is 37.6 Å². The molecule has 1 aliphatic heterocycles. The molecule has 0 atom stereocenters. The number of hydrogen-bond acceptors (Lipinski definition) is 3. The van der Waals surface area contributed by atoms with Crippen LogP contribution < -0.4 is 4.74 Å². The summed E-state index contributed by atoms with van der Waals surface area (Å²) in [7, 11) is 1.45. The van der Waals surface area contributed by atoms with E-state index in [0.717, 1.165) is 11.4 Å². The molecule has 0 spiro atoms. The van der Waals surface area contributed by atoms with Crippen molar-refractivity contribution in [2.24, 2.45) is 0 Å². The Balaban J connectivity index is 1.69. The average molecular weight is 359 g/mol. The summed E-state index contributed by atoms with van der Waals surface area (Å²) in [5.74, 6) is -0.473. The maximum atomic E-state index is 13.5. The summed E-state index contributed by atoms with van der Waals surface area (Å²) < 4.78 is 18.7. The van der Waals surface area contributed by atoms with Crippen LogP contribution in [-0.2, 0) is 0 Å². The van der Waals surface area contributed by atoms with Gasteiger partial charge in [0.25, 0.3) is 11.8 Å². The first-order chi connectivity index (χ1) is 12.4. The highest BCUT2D eigenvalue weighted by molar-refractivity contribution is 5.98. The highest BCUT2D eigenvalue weighted by Crippen LogP contribution is 2.22. The van der Waals surface area contributed by atoms with Crippen molar-refractivity contribution in [3.8, 4) is 5.75 Å². The first-order valence-electron chi connectivity index (χ1n) is 8.49. The first-order valence-corrected chi connectivity index (χ1v) is 8.49. The van der Waals surface area contributed by atoms with Crippen molar-refractivity contribution in [3.05, 3.63) is 52.6 Å². The third kappa shape index (κ3) is 3.42. The summed E-state index contributed by atoms with van der Waals surface area (Å²) >= 11 is 0. The Morgan fingerprint density at radius 2 is 1.58 bits per heavy atom. The molecule has 0 saturated carbocycles. The van der Waals surface area contributed by atoms with Crippen LogP contribution in [-0.4, -0.2) is 59.9 Å². The van der Waals surface area contributed by atoms with Crippen LogP contribution in [0.1, 0.15) is 32.1 Å². The molecule has 1 aromatic heterocycles. The molecule has 1 saturated heterocycles. The standard InChI is InChI=1S/C19H22FN3O3/c1-12-10-15(13(2)21-12)18(24)22-6-8-23(9-7-22)19(25)16-11-14(20)4-5-17(16)26-3/h4-5,10-11,21H,6-9H2,1-3H3. The minimum absolute atomic E-state index is 0.0396. The number of piperazine rings is 1. The third-order valence-electron chi connectivity index (χ3n) is 4.63. The van der Waals surface area contributed by atoms with Crippen LogP contribution in [0.3, 0.4) is 0 Å². The number of H-pyrrole nitrogens is 1. The van der Waals surface area contributed by atoms with Gasteiger partial charge in [0.2, 0.25) is 0 Å². The lowest BCUT2D eigenvalue weighted by Gasteiger charge is -2.35. The highest BCUT2D eigenvalue weighted by Gasteiger charge is 2.28. The summed E-state index contributed by atoms with van der Waals surface area (Å²) in [6.45, 7) is 5.44. The Labute approximate surface area is 151 Å². The van der Waals surface area contributed by atoms with E-state index in [1.54, 1.807) is 9.80 Å². The number of aryl methyl sites for hydroxylation is 2. The summed E-state index contributed by atoms with van der Waals surface area (Å²) in [4.78, 5) is 31.9. The number of amides is 2. The Morgan fingerprint density at radius 3 is 2.08 bits per heavy atom. The molecule has 1 N–H and O–H groups in total. The molecule has 7 heteroatoms. The number of rotatable bonds is 3. The number of ether oxygens (including phenoxy) is 1. The lowest BCUT2D eigenvalue weighted by Crippen LogP contribution is -2.50. The molecule has 1 aliphatic rings. The number of benzene rings is 1. The van der Waals surface area contributed by atoms with E-state index in [2.05, 4.69) is 4.98 Å². The van der Waals surface area contributed by atoms with E-state index in [4.69, 9.17) is 4.74 Å². The maximum absolute atomic E-state index is 13.5. The lowest BCUT2D eigenvalue weighted by atomic mass is 10.1. The SMILES string of the molecule is COc1ccc(F)cc1C(=O)N1CCN(C(=O)c2cc(C)[nH]c2C)CC1. The fourth-order valence-electron chi connectivity index (χ4n) is 3.25. The topological polar surface area (TPSA) is 65.6 Å². The van der Waals surface area contributed by atoms with E-state index in [1.807, 2.05) is 19.9 Å². The van der Waals surface area contributed by atoms with Crippen molar-refractivity contribution in [1.29, 1.82) is 0 Å². The number of nitrogens with zero attached hydrogens (tertiary/aromatic N) is 2. The van der Waals surface area contributed by atoms with Crippen molar-refractivity contribution in [2.45, 2.75) is 13.8 Å². The van der Waals surface area contributed by atoms with Crippen molar-refractivity contribution in [2.75, 3.05) is 33.3 Å². The van der Waals surface area contributed by atoms with Gasteiger partial charge in [0.05, 0.1) is 18.2 Å². The predicted octanol–water partition coefficient (Wildman–Crippen LogP) is 2.38. The molecule has 2 heterocycles. The van der Waals surface area contributed by atoms with E-state index < -0.39 is 5.82 Å². The lowest BCUT2D eigenvalue weighted by molar-refractivity contribution is 0.0533. The van der Waals surface area contributed by atoms with Crippen molar-refractivity contribution < 1.29 is 18.7 Å². The molecule has 0 radical (unpaired) electrons. The minimum Gasteiger partial charge on any atom is -0.496 e. The number of aromatic nitrogens is 1. The van der Waals surface area contributed by atoms with E-state index in [-0.39, 0.29) is 17.4 Å². The zero-order valence-corrected chi connectivity index (χ0v) is 15.1. The Morgan fingerprint density at radius 1 is 1.00 bits per heavy atom. The van der Waals surface area contributed by atoms with E-state index in [9.17, 15) is 14.0 Å². The third-order valence-corrected chi connectivity index (χ3v) is 4.63.